The van der Waals surface area contributed by atoms with E-state index in [9.17, 15) is 4.79 Å². The van der Waals surface area contributed by atoms with Crippen LogP contribution < -0.4 is 5.32 Å². The minimum absolute atomic E-state index is 0.0185. The third kappa shape index (κ3) is 4.74. The number of benzene rings is 1. The van der Waals surface area contributed by atoms with Crippen molar-refractivity contribution < 1.29 is 9.90 Å². The van der Waals surface area contributed by atoms with Crippen molar-refractivity contribution in [3.05, 3.63) is 50.6 Å². The van der Waals surface area contributed by atoms with Gasteiger partial charge in [-0.3, -0.25) is 4.79 Å². The fourth-order valence-electron chi connectivity index (χ4n) is 1.83. The number of carbonyl (C=O) groups excluding carboxylic acids is 1. The van der Waals surface area contributed by atoms with Crippen molar-refractivity contribution in [3.63, 3.8) is 0 Å². The Morgan fingerprint density at radius 2 is 1.95 bits per heavy atom. The Bertz CT molecular complexity index is 566. The molecule has 0 atom stereocenters. The number of aliphatic hydroxyl groups excluding tert-OH is 1. The van der Waals surface area contributed by atoms with Gasteiger partial charge in [-0.2, -0.15) is 0 Å². The standard InChI is InChI=1S/C15H16BrNO2S/c16-14-9-8-13(20-14)2-1-3-15(19)17-12-6-4-11(10-18)5-7-12/h4-9,18H,1-3,10H2,(H,17,19). The highest BCUT2D eigenvalue weighted by Crippen LogP contribution is 2.23. The molecule has 1 heterocycles. The second-order valence-electron chi connectivity index (χ2n) is 4.46. The molecule has 0 spiro atoms. The minimum Gasteiger partial charge on any atom is -0.392 e. The summed E-state index contributed by atoms with van der Waals surface area (Å²) in [5.41, 5.74) is 1.61. The smallest absolute Gasteiger partial charge is 0.224 e. The fraction of sp³-hybridized carbons (Fsp3) is 0.267. The number of anilines is 1. The molecular weight excluding hydrogens is 338 g/mol. The van der Waals surface area contributed by atoms with E-state index in [1.165, 1.54) is 4.88 Å². The first-order valence-electron chi connectivity index (χ1n) is 6.41. The van der Waals surface area contributed by atoms with Crippen molar-refractivity contribution >= 4 is 38.9 Å². The number of hydrogen-bond donors (Lipinski definition) is 2. The number of thiophene rings is 1. The number of aryl methyl sites for hydroxylation is 1. The van der Waals surface area contributed by atoms with Gasteiger partial charge in [0.2, 0.25) is 5.91 Å². The number of aliphatic hydroxyl groups is 1. The minimum atomic E-state index is 0.0185. The number of nitrogens with one attached hydrogen (secondary N) is 1. The molecule has 0 aliphatic carbocycles. The molecule has 0 radical (unpaired) electrons. The van der Waals surface area contributed by atoms with Crippen LogP contribution in [0.15, 0.2) is 40.2 Å². The van der Waals surface area contributed by atoms with Crippen LogP contribution in [-0.2, 0) is 17.8 Å². The van der Waals surface area contributed by atoms with Crippen molar-refractivity contribution in [2.45, 2.75) is 25.9 Å². The monoisotopic (exact) mass is 353 g/mol. The molecule has 2 rings (SSSR count). The molecule has 0 saturated carbocycles. The molecule has 1 aromatic heterocycles. The third-order valence-corrected chi connectivity index (χ3v) is 4.56. The largest absolute Gasteiger partial charge is 0.392 e. The predicted octanol–water partition coefficient (Wildman–Crippen LogP) is 3.96. The SMILES string of the molecule is O=C(CCCc1ccc(Br)s1)Nc1ccc(CO)cc1. The fourth-order valence-corrected chi connectivity index (χ4v) is 3.35. The van der Waals surface area contributed by atoms with Gasteiger partial charge in [0.05, 0.1) is 10.4 Å². The Morgan fingerprint density at radius 1 is 1.20 bits per heavy atom. The van der Waals surface area contributed by atoms with Gasteiger partial charge in [0.15, 0.2) is 0 Å². The van der Waals surface area contributed by atoms with Crippen LogP contribution in [0, 0.1) is 0 Å². The molecule has 0 unspecified atom stereocenters. The van der Waals surface area contributed by atoms with E-state index in [4.69, 9.17) is 5.11 Å². The van der Waals surface area contributed by atoms with Crippen molar-refractivity contribution in [2.75, 3.05) is 5.32 Å². The summed E-state index contributed by atoms with van der Waals surface area (Å²) in [6, 6.07) is 11.3. The molecule has 0 aliphatic heterocycles. The van der Waals surface area contributed by atoms with Crippen molar-refractivity contribution in [1.29, 1.82) is 0 Å². The van der Waals surface area contributed by atoms with E-state index in [1.807, 2.05) is 6.07 Å². The second-order valence-corrected chi connectivity index (χ2v) is 7.01. The third-order valence-electron chi connectivity index (χ3n) is 2.88. The zero-order valence-electron chi connectivity index (χ0n) is 10.9. The van der Waals surface area contributed by atoms with Crippen LogP contribution in [0.4, 0.5) is 5.69 Å². The first-order valence-corrected chi connectivity index (χ1v) is 8.02. The first-order chi connectivity index (χ1) is 9.67. The summed E-state index contributed by atoms with van der Waals surface area (Å²) < 4.78 is 1.13. The predicted molar refractivity (Wildman–Crippen MR) is 86.0 cm³/mol. The Morgan fingerprint density at radius 3 is 2.55 bits per heavy atom. The average molecular weight is 354 g/mol. The molecule has 2 aromatic rings. The molecule has 1 aromatic carbocycles. The molecule has 0 aliphatic rings. The van der Waals surface area contributed by atoms with E-state index in [-0.39, 0.29) is 12.5 Å². The molecule has 20 heavy (non-hydrogen) atoms. The zero-order valence-corrected chi connectivity index (χ0v) is 13.3. The summed E-state index contributed by atoms with van der Waals surface area (Å²) in [4.78, 5) is 13.1. The van der Waals surface area contributed by atoms with E-state index in [0.717, 1.165) is 27.9 Å². The molecule has 2 N–H and O–H groups in total. The van der Waals surface area contributed by atoms with E-state index in [1.54, 1.807) is 35.6 Å². The maximum Gasteiger partial charge on any atom is 0.224 e. The summed E-state index contributed by atoms with van der Waals surface area (Å²) in [6.07, 6.45) is 2.28. The number of amides is 1. The van der Waals surface area contributed by atoms with E-state index in [2.05, 4.69) is 27.3 Å². The van der Waals surface area contributed by atoms with Gasteiger partial charge in [-0.15, -0.1) is 11.3 Å². The lowest BCUT2D eigenvalue weighted by Crippen LogP contribution is -2.11. The van der Waals surface area contributed by atoms with Crippen molar-refractivity contribution in [2.24, 2.45) is 0 Å². The van der Waals surface area contributed by atoms with Crippen LogP contribution in [0.5, 0.6) is 0 Å². The number of hydrogen-bond acceptors (Lipinski definition) is 3. The Balaban J connectivity index is 1.74. The quantitative estimate of drug-likeness (QED) is 0.825. The van der Waals surface area contributed by atoms with E-state index in [0.29, 0.717) is 6.42 Å². The number of halogens is 1. The molecular formula is C15H16BrNO2S. The molecule has 5 heteroatoms. The Hall–Kier alpha value is -1.17. The lowest BCUT2D eigenvalue weighted by atomic mass is 10.2. The highest BCUT2D eigenvalue weighted by molar-refractivity contribution is 9.11. The zero-order chi connectivity index (χ0) is 14.4. The van der Waals surface area contributed by atoms with Crippen LogP contribution >= 0.6 is 27.3 Å². The molecule has 1 amide bonds. The number of carbonyl (C=O) groups is 1. The van der Waals surface area contributed by atoms with Gasteiger partial charge in [-0.1, -0.05) is 12.1 Å². The maximum atomic E-state index is 11.8. The average Bonchev–Trinajstić information content (AvgIpc) is 2.85. The highest BCUT2D eigenvalue weighted by atomic mass is 79.9. The van der Waals surface area contributed by atoms with Crippen LogP contribution in [0.3, 0.4) is 0 Å². The van der Waals surface area contributed by atoms with Gasteiger partial charge < -0.3 is 10.4 Å². The van der Waals surface area contributed by atoms with Gasteiger partial charge in [0, 0.05) is 17.0 Å². The topological polar surface area (TPSA) is 49.3 Å². The summed E-state index contributed by atoms with van der Waals surface area (Å²) in [7, 11) is 0. The van der Waals surface area contributed by atoms with Gasteiger partial charge in [0.1, 0.15) is 0 Å². The second kappa shape index (κ2) is 7.57. The highest BCUT2D eigenvalue weighted by Gasteiger charge is 2.04. The lowest BCUT2D eigenvalue weighted by Gasteiger charge is -2.05. The van der Waals surface area contributed by atoms with Crippen molar-refractivity contribution in [1.82, 2.24) is 0 Å². The van der Waals surface area contributed by atoms with Gasteiger partial charge in [-0.25, -0.2) is 0 Å². The number of rotatable bonds is 6. The summed E-state index contributed by atoms with van der Waals surface area (Å²) in [5, 5.41) is 11.8. The summed E-state index contributed by atoms with van der Waals surface area (Å²) in [6.45, 7) is 0.0185. The Kier molecular flexibility index (Phi) is 5.76. The van der Waals surface area contributed by atoms with Gasteiger partial charge >= 0.3 is 0 Å². The Labute approximate surface area is 130 Å². The van der Waals surface area contributed by atoms with Crippen LogP contribution in [0.1, 0.15) is 23.3 Å². The molecule has 3 nitrogen and oxygen atoms in total. The van der Waals surface area contributed by atoms with Gasteiger partial charge in [-0.05, 0) is 58.6 Å². The normalized spacial score (nSPS) is 10.5. The van der Waals surface area contributed by atoms with E-state index >= 15 is 0 Å². The summed E-state index contributed by atoms with van der Waals surface area (Å²) in [5.74, 6) is 0.0253. The first kappa shape index (κ1) is 15.2. The van der Waals surface area contributed by atoms with Crippen LogP contribution in [0.25, 0.3) is 0 Å². The lowest BCUT2D eigenvalue weighted by molar-refractivity contribution is -0.116. The maximum absolute atomic E-state index is 11.8. The molecule has 0 bridgehead atoms. The van der Waals surface area contributed by atoms with E-state index < -0.39 is 0 Å². The van der Waals surface area contributed by atoms with Gasteiger partial charge in [0.25, 0.3) is 0 Å². The van der Waals surface area contributed by atoms with Crippen LogP contribution in [0.2, 0.25) is 0 Å². The van der Waals surface area contributed by atoms with Crippen molar-refractivity contribution in [3.8, 4) is 0 Å². The van der Waals surface area contributed by atoms with Crippen LogP contribution in [-0.4, -0.2) is 11.0 Å². The molecule has 0 saturated heterocycles. The summed E-state index contributed by atoms with van der Waals surface area (Å²) >= 11 is 5.14. The molecule has 0 fully saturated rings. The molecule has 106 valence electrons.